The van der Waals surface area contributed by atoms with Crippen molar-refractivity contribution in [1.29, 1.82) is 0 Å². The normalized spacial score (nSPS) is 13.9. The van der Waals surface area contributed by atoms with Gasteiger partial charge in [0.2, 0.25) is 0 Å². The average Bonchev–Trinajstić information content (AvgIpc) is 1.97. The topological polar surface area (TPSA) is 18.5 Å². The molecule has 0 bridgehead atoms. The van der Waals surface area contributed by atoms with Gasteiger partial charge in [-0.25, -0.2) is 0 Å². The minimum Gasteiger partial charge on any atom is -0.496 e. The first-order valence-corrected chi connectivity index (χ1v) is 5.99. The fraction of sp³-hybridized carbons (Fsp3) is 0.833. The molecule has 0 saturated carbocycles. The smallest absolute Gasteiger partial charge is 0.196 e. The van der Waals surface area contributed by atoms with Crippen LogP contribution in [0.4, 0.5) is 0 Å². The zero-order valence-electron chi connectivity index (χ0n) is 10.7. The predicted octanol–water partition coefficient (Wildman–Crippen LogP) is 4.31. The van der Waals surface area contributed by atoms with Gasteiger partial charge in [0.25, 0.3) is 0 Å². The van der Waals surface area contributed by atoms with Gasteiger partial charge in [0, 0.05) is 0 Å². The lowest BCUT2D eigenvalue weighted by atomic mass is 9.99. The molecule has 0 aliphatic heterocycles. The maximum absolute atomic E-state index is 5.47. The summed E-state index contributed by atoms with van der Waals surface area (Å²) in [6.45, 7) is 14.1. The van der Waals surface area contributed by atoms with Crippen molar-refractivity contribution < 1.29 is 9.47 Å². The molecule has 3 heteroatoms. The van der Waals surface area contributed by atoms with Gasteiger partial charge in [-0.1, -0.05) is 41.5 Å². The molecule has 0 rings (SSSR count). The van der Waals surface area contributed by atoms with Gasteiger partial charge >= 0.3 is 0 Å². The highest BCUT2D eigenvalue weighted by Gasteiger charge is 2.12. The van der Waals surface area contributed by atoms with Crippen LogP contribution >= 0.6 is 15.9 Å². The first-order chi connectivity index (χ1) is 6.60. The van der Waals surface area contributed by atoms with Gasteiger partial charge < -0.3 is 9.47 Å². The van der Waals surface area contributed by atoms with Gasteiger partial charge in [0.05, 0.1) is 13.2 Å². The van der Waals surface area contributed by atoms with Gasteiger partial charge in [-0.3, -0.25) is 0 Å². The monoisotopic (exact) mass is 278 g/mol. The summed E-state index contributed by atoms with van der Waals surface area (Å²) in [5, 5.41) is 0. The molecule has 0 aliphatic rings. The van der Waals surface area contributed by atoms with Crippen LogP contribution in [0.15, 0.2) is 10.9 Å². The SMILES string of the molecule is CC(C)(C)CO/C=C(\Br)OCC(C)(C)C. The van der Waals surface area contributed by atoms with Crippen LogP contribution in [0.1, 0.15) is 41.5 Å². The van der Waals surface area contributed by atoms with Crippen molar-refractivity contribution in [2.75, 3.05) is 13.2 Å². The Morgan fingerprint density at radius 3 is 1.87 bits per heavy atom. The van der Waals surface area contributed by atoms with Crippen LogP contribution in [-0.4, -0.2) is 13.2 Å². The minimum absolute atomic E-state index is 0.164. The second-order valence-corrected chi connectivity index (χ2v) is 6.92. The third kappa shape index (κ3) is 11.7. The molecule has 0 unspecified atom stereocenters. The molecule has 0 fully saturated rings. The van der Waals surface area contributed by atoms with Gasteiger partial charge in [-0.15, -0.1) is 0 Å². The van der Waals surface area contributed by atoms with Crippen molar-refractivity contribution >= 4 is 15.9 Å². The molecule has 0 heterocycles. The van der Waals surface area contributed by atoms with Crippen LogP contribution in [0.5, 0.6) is 0 Å². The third-order valence-electron chi connectivity index (χ3n) is 1.34. The van der Waals surface area contributed by atoms with Crippen molar-refractivity contribution in [3.05, 3.63) is 10.9 Å². The number of ether oxygens (including phenoxy) is 2. The Kier molecular flexibility index (Phi) is 5.71. The zero-order chi connectivity index (χ0) is 12.1. The summed E-state index contributed by atoms with van der Waals surface area (Å²) in [6.07, 6.45) is 1.62. The molecule has 0 atom stereocenters. The van der Waals surface area contributed by atoms with E-state index in [4.69, 9.17) is 9.47 Å². The first kappa shape index (κ1) is 14.8. The predicted molar refractivity (Wildman–Crippen MR) is 67.8 cm³/mol. The number of hydrogen-bond acceptors (Lipinski definition) is 2. The lowest BCUT2D eigenvalue weighted by Gasteiger charge is -2.19. The third-order valence-corrected chi connectivity index (χ3v) is 1.75. The number of rotatable bonds is 4. The van der Waals surface area contributed by atoms with Crippen LogP contribution in [-0.2, 0) is 9.47 Å². The van der Waals surface area contributed by atoms with E-state index in [1.165, 1.54) is 0 Å². The summed E-state index contributed by atoms with van der Waals surface area (Å²) in [6, 6.07) is 0. The molecule has 0 amide bonds. The Morgan fingerprint density at radius 1 is 1.00 bits per heavy atom. The van der Waals surface area contributed by atoms with E-state index in [0.717, 1.165) is 0 Å². The maximum Gasteiger partial charge on any atom is 0.196 e. The first-order valence-electron chi connectivity index (χ1n) is 5.20. The Bertz CT molecular complexity index is 209. The van der Waals surface area contributed by atoms with Crippen LogP contribution in [0.3, 0.4) is 0 Å². The maximum atomic E-state index is 5.47. The van der Waals surface area contributed by atoms with Crippen LogP contribution in [0.25, 0.3) is 0 Å². The van der Waals surface area contributed by atoms with Crippen LogP contribution < -0.4 is 0 Å². The summed E-state index contributed by atoms with van der Waals surface area (Å²) in [4.78, 5) is 0. The van der Waals surface area contributed by atoms with Gasteiger partial charge in [0.1, 0.15) is 6.26 Å². The Hall–Kier alpha value is -0.180. The van der Waals surface area contributed by atoms with Crippen molar-refractivity contribution in [3.8, 4) is 0 Å². The lowest BCUT2D eigenvalue weighted by Crippen LogP contribution is -2.14. The molecule has 0 N–H and O–H groups in total. The van der Waals surface area contributed by atoms with Gasteiger partial charge in [0.15, 0.2) is 4.67 Å². The van der Waals surface area contributed by atoms with E-state index >= 15 is 0 Å². The van der Waals surface area contributed by atoms with Crippen molar-refractivity contribution in [1.82, 2.24) is 0 Å². The largest absolute Gasteiger partial charge is 0.496 e. The molecule has 2 nitrogen and oxygen atoms in total. The van der Waals surface area contributed by atoms with Crippen molar-refractivity contribution in [2.45, 2.75) is 41.5 Å². The van der Waals surface area contributed by atoms with E-state index in [2.05, 4.69) is 57.5 Å². The Labute approximate surface area is 102 Å². The molecule has 0 aromatic carbocycles. The standard InChI is InChI=1S/C12H23BrO2/c1-11(2,3)8-14-7-10(13)15-9-12(4,5)6/h7H,8-9H2,1-6H3/b10-7+. The number of halogens is 1. The minimum atomic E-state index is 0.164. The molecule has 0 radical (unpaired) electrons. The van der Waals surface area contributed by atoms with Gasteiger partial charge in [-0.2, -0.15) is 0 Å². The molecular weight excluding hydrogens is 256 g/mol. The van der Waals surface area contributed by atoms with E-state index in [1.54, 1.807) is 6.26 Å². The fourth-order valence-electron chi connectivity index (χ4n) is 0.677. The average molecular weight is 279 g/mol. The molecule has 0 aromatic rings. The Balaban J connectivity index is 3.81. The van der Waals surface area contributed by atoms with E-state index in [0.29, 0.717) is 17.9 Å². The van der Waals surface area contributed by atoms with E-state index in [1.807, 2.05) is 0 Å². The number of hydrogen-bond donors (Lipinski definition) is 0. The molecule has 0 spiro atoms. The summed E-state index contributed by atoms with van der Waals surface area (Å²) >= 11 is 3.31. The summed E-state index contributed by atoms with van der Waals surface area (Å²) in [7, 11) is 0. The molecule has 90 valence electrons. The van der Waals surface area contributed by atoms with Crippen LogP contribution in [0, 0.1) is 10.8 Å². The van der Waals surface area contributed by atoms with Crippen LogP contribution in [0.2, 0.25) is 0 Å². The molecule has 0 aliphatic carbocycles. The summed E-state index contributed by atoms with van der Waals surface area (Å²) in [5.41, 5.74) is 0.338. The quantitative estimate of drug-likeness (QED) is 0.714. The second-order valence-electron chi connectivity index (χ2n) is 6.14. The van der Waals surface area contributed by atoms with E-state index < -0.39 is 0 Å². The highest BCUT2D eigenvalue weighted by molar-refractivity contribution is 9.11. The summed E-state index contributed by atoms with van der Waals surface area (Å²) < 4.78 is 11.5. The zero-order valence-corrected chi connectivity index (χ0v) is 12.3. The molecule has 15 heavy (non-hydrogen) atoms. The van der Waals surface area contributed by atoms with Gasteiger partial charge in [-0.05, 0) is 26.8 Å². The molecular formula is C12H23BrO2. The highest BCUT2D eigenvalue weighted by Crippen LogP contribution is 2.19. The fourth-order valence-corrected chi connectivity index (χ4v) is 0.923. The molecule has 0 saturated heterocycles. The molecule has 0 aromatic heterocycles. The van der Waals surface area contributed by atoms with E-state index in [-0.39, 0.29) is 10.8 Å². The van der Waals surface area contributed by atoms with E-state index in [9.17, 15) is 0 Å². The lowest BCUT2D eigenvalue weighted by molar-refractivity contribution is 0.116. The Morgan fingerprint density at radius 2 is 1.47 bits per heavy atom. The highest BCUT2D eigenvalue weighted by atomic mass is 79.9. The second kappa shape index (κ2) is 5.78. The summed E-state index contributed by atoms with van der Waals surface area (Å²) in [5.74, 6) is 0. The van der Waals surface area contributed by atoms with Crippen molar-refractivity contribution in [3.63, 3.8) is 0 Å². The van der Waals surface area contributed by atoms with Crippen molar-refractivity contribution in [2.24, 2.45) is 10.8 Å².